The third-order valence-electron chi connectivity index (χ3n) is 4.82. The molecule has 0 bridgehead atoms. The molecule has 2 aliphatic rings. The quantitative estimate of drug-likeness (QED) is 0.297. The van der Waals surface area contributed by atoms with Crippen molar-refractivity contribution in [2.45, 2.75) is 65.0 Å². The smallest absolute Gasteiger partial charge is 0.191 e. The van der Waals surface area contributed by atoms with Crippen LogP contribution in [0.4, 0.5) is 0 Å². The molecule has 0 atom stereocenters. The maximum absolute atomic E-state index is 4.71. The molecule has 2 aliphatic carbocycles. The molecule has 1 aromatic heterocycles. The zero-order valence-electron chi connectivity index (χ0n) is 16.3. The molecule has 0 unspecified atom stereocenters. The number of nitrogens with one attached hydrogen (secondary N) is 2. The molecule has 1 aromatic rings. The molecule has 2 fully saturated rings. The summed E-state index contributed by atoms with van der Waals surface area (Å²) in [5, 5.41) is 10.1. The lowest BCUT2D eigenvalue weighted by molar-refractivity contribution is 0.256. The molecule has 0 saturated heterocycles. The number of hydrogen-bond acceptors (Lipinski definition) is 4. The van der Waals surface area contributed by atoms with Crippen LogP contribution in [0.5, 0.6) is 0 Å². The molecule has 7 heteroatoms. The molecular weight excluding hydrogens is 457 g/mol. The monoisotopic (exact) mass is 491 g/mol. The third kappa shape index (κ3) is 7.31. The van der Waals surface area contributed by atoms with Crippen molar-refractivity contribution in [1.29, 1.82) is 0 Å². The highest BCUT2D eigenvalue weighted by Gasteiger charge is 2.33. The fraction of sp³-hybridized carbons (Fsp3) is 0.789. The van der Waals surface area contributed by atoms with Gasteiger partial charge in [-0.1, -0.05) is 13.8 Å². The van der Waals surface area contributed by atoms with Crippen LogP contribution >= 0.6 is 35.3 Å². The van der Waals surface area contributed by atoms with Crippen LogP contribution < -0.4 is 10.6 Å². The Morgan fingerprint density at radius 2 is 2.08 bits per heavy atom. The second-order valence-electron chi connectivity index (χ2n) is 7.61. The van der Waals surface area contributed by atoms with Crippen molar-refractivity contribution in [2.24, 2.45) is 10.9 Å². The fourth-order valence-electron chi connectivity index (χ4n) is 2.96. The summed E-state index contributed by atoms with van der Waals surface area (Å²) in [6.07, 6.45) is 5.66. The van der Waals surface area contributed by atoms with Gasteiger partial charge in [0.15, 0.2) is 5.96 Å². The topological polar surface area (TPSA) is 52.6 Å². The second-order valence-corrected chi connectivity index (χ2v) is 8.55. The first-order valence-corrected chi connectivity index (χ1v) is 10.7. The first kappa shape index (κ1) is 21.9. The van der Waals surface area contributed by atoms with Crippen molar-refractivity contribution in [2.75, 3.05) is 26.2 Å². The van der Waals surface area contributed by atoms with Crippen LogP contribution in [0.3, 0.4) is 0 Å². The van der Waals surface area contributed by atoms with Crippen molar-refractivity contribution in [3.8, 4) is 0 Å². The average Bonchev–Trinajstić information content (AvgIpc) is 3.50. The Kier molecular flexibility index (Phi) is 9.09. The summed E-state index contributed by atoms with van der Waals surface area (Å²) in [4.78, 5) is 12.1. The molecular formula is C19H34IN5S. The van der Waals surface area contributed by atoms with E-state index in [0.29, 0.717) is 12.5 Å². The molecule has 0 amide bonds. The minimum absolute atomic E-state index is 0. The minimum atomic E-state index is 0. The molecule has 26 heavy (non-hydrogen) atoms. The first-order chi connectivity index (χ1) is 12.2. The van der Waals surface area contributed by atoms with Gasteiger partial charge in [0, 0.05) is 37.6 Å². The standard InChI is InChI=1S/C19H33N5S.HI/c1-4-20-19(22-11-18-23-17(13-25-18)14(2)3)21-9-10-24(16-7-8-16)12-15-5-6-15;/h13-16H,4-12H2,1-3H3,(H2,20,21,22);1H. The summed E-state index contributed by atoms with van der Waals surface area (Å²) in [6, 6.07) is 0.853. The van der Waals surface area contributed by atoms with Crippen LogP contribution in [-0.2, 0) is 6.54 Å². The van der Waals surface area contributed by atoms with Gasteiger partial charge in [0.1, 0.15) is 5.01 Å². The number of aliphatic imine (C=N–C) groups is 1. The maximum atomic E-state index is 4.71. The van der Waals surface area contributed by atoms with Gasteiger partial charge in [-0.25, -0.2) is 9.98 Å². The zero-order chi connectivity index (χ0) is 17.6. The Hall–Kier alpha value is -0.410. The van der Waals surface area contributed by atoms with Crippen LogP contribution in [0.15, 0.2) is 10.4 Å². The first-order valence-electron chi connectivity index (χ1n) is 9.86. The number of hydrogen-bond donors (Lipinski definition) is 2. The van der Waals surface area contributed by atoms with Crippen LogP contribution in [-0.4, -0.2) is 48.1 Å². The summed E-state index contributed by atoms with van der Waals surface area (Å²) in [7, 11) is 0. The van der Waals surface area contributed by atoms with E-state index in [1.54, 1.807) is 11.3 Å². The number of thiazole rings is 1. The Bertz CT molecular complexity index is 566. The van der Waals surface area contributed by atoms with E-state index < -0.39 is 0 Å². The van der Waals surface area contributed by atoms with Gasteiger partial charge in [-0.05, 0) is 44.4 Å². The van der Waals surface area contributed by atoms with Gasteiger partial charge in [0.25, 0.3) is 0 Å². The van der Waals surface area contributed by atoms with E-state index in [4.69, 9.17) is 4.99 Å². The van der Waals surface area contributed by atoms with Crippen LogP contribution in [0.25, 0.3) is 0 Å². The van der Waals surface area contributed by atoms with Crippen molar-refractivity contribution in [3.05, 3.63) is 16.1 Å². The number of rotatable bonds is 10. The Morgan fingerprint density at radius 1 is 1.31 bits per heavy atom. The van der Waals surface area contributed by atoms with E-state index in [0.717, 1.165) is 42.6 Å². The highest BCUT2D eigenvalue weighted by atomic mass is 127. The van der Waals surface area contributed by atoms with E-state index in [1.165, 1.54) is 37.9 Å². The van der Waals surface area contributed by atoms with E-state index in [1.807, 2.05) is 0 Å². The highest BCUT2D eigenvalue weighted by molar-refractivity contribution is 14.0. The number of nitrogens with zero attached hydrogens (tertiary/aromatic N) is 3. The number of aromatic nitrogens is 1. The Morgan fingerprint density at radius 3 is 2.65 bits per heavy atom. The lowest BCUT2D eigenvalue weighted by atomic mass is 10.2. The van der Waals surface area contributed by atoms with Gasteiger partial charge in [-0.3, -0.25) is 4.90 Å². The predicted octanol–water partition coefficient (Wildman–Crippen LogP) is 3.81. The van der Waals surface area contributed by atoms with Gasteiger partial charge < -0.3 is 10.6 Å². The van der Waals surface area contributed by atoms with Crippen LogP contribution in [0.2, 0.25) is 0 Å². The van der Waals surface area contributed by atoms with Gasteiger partial charge in [-0.2, -0.15) is 0 Å². The van der Waals surface area contributed by atoms with Crippen molar-refractivity contribution in [3.63, 3.8) is 0 Å². The van der Waals surface area contributed by atoms with Gasteiger partial charge in [-0.15, -0.1) is 35.3 Å². The maximum Gasteiger partial charge on any atom is 0.191 e. The molecule has 0 aromatic carbocycles. The molecule has 0 spiro atoms. The van der Waals surface area contributed by atoms with Gasteiger partial charge in [0.05, 0.1) is 12.2 Å². The summed E-state index contributed by atoms with van der Waals surface area (Å²) in [5.74, 6) is 2.37. The molecule has 148 valence electrons. The molecule has 3 rings (SSSR count). The fourth-order valence-corrected chi connectivity index (χ4v) is 3.84. The summed E-state index contributed by atoms with van der Waals surface area (Å²) < 4.78 is 0. The molecule has 2 saturated carbocycles. The molecule has 0 radical (unpaired) electrons. The second kappa shape index (κ2) is 10.8. The van der Waals surface area contributed by atoms with Crippen molar-refractivity contribution >= 4 is 41.3 Å². The summed E-state index contributed by atoms with van der Waals surface area (Å²) in [6.45, 7) is 11.4. The average molecular weight is 491 g/mol. The summed E-state index contributed by atoms with van der Waals surface area (Å²) >= 11 is 1.71. The third-order valence-corrected chi connectivity index (χ3v) is 5.67. The SMILES string of the molecule is CCNC(=NCc1nc(C(C)C)cs1)NCCN(CC1CC1)C1CC1.I. The zero-order valence-corrected chi connectivity index (χ0v) is 19.5. The van der Waals surface area contributed by atoms with Crippen molar-refractivity contribution in [1.82, 2.24) is 20.5 Å². The molecule has 5 nitrogen and oxygen atoms in total. The molecule has 0 aliphatic heterocycles. The van der Waals surface area contributed by atoms with E-state index >= 15 is 0 Å². The predicted molar refractivity (Wildman–Crippen MR) is 122 cm³/mol. The normalized spacial score (nSPS) is 17.5. The van der Waals surface area contributed by atoms with Gasteiger partial charge in [0.2, 0.25) is 0 Å². The minimum Gasteiger partial charge on any atom is -0.357 e. The Balaban J connectivity index is 0.00000243. The van der Waals surface area contributed by atoms with E-state index in [-0.39, 0.29) is 24.0 Å². The van der Waals surface area contributed by atoms with Crippen molar-refractivity contribution < 1.29 is 0 Å². The lowest BCUT2D eigenvalue weighted by Gasteiger charge is -2.22. The number of guanidine groups is 1. The Labute approximate surface area is 179 Å². The van der Waals surface area contributed by atoms with Crippen LogP contribution in [0.1, 0.15) is 63.1 Å². The summed E-state index contributed by atoms with van der Waals surface area (Å²) in [5.41, 5.74) is 1.17. The number of halogens is 1. The highest BCUT2D eigenvalue weighted by Crippen LogP contribution is 2.34. The van der Waals surface area contributed by atoms with Gasteiger partial charge >= 0.3 is 0 Å². The lowest BCUT2D eigenvalue weighted by Crippen LogP contribution is -2.42. The van der Waals surface area contributed by atoms with E-state index in [2.05, 4.69) is 46.7 Å². The molecule has 2 N–H and O–H groups in total. The van der Waals surface area contributed by atoms with E-state index in [9.17, 15) is 0 Å². The van der Waals surface area contributed by atoms with Crippen LogP contribution in [0, 0.1) is 5.92 Å². The molecule has 1 heterocycles. The largest absolute Gasteiger partial charge is 0.357 e.